The average molecular weight is 197 g/mol. The third-order valence-corrected chi connectivity index (χ3v) is 5.25. The van der Waals surface area contributed by atoms with Gasteiger partial charge >= 0.3 is 0 Å². The zero-order valence-corrected chi connectivity index (χ0v) is 9.50. The maximum Gasteiger partial charge on any atom is 0.253 e. The van der Waals surface area contributed by atoms with Gasteiger partial charge in [-0.1, -0.05) is 19.6 Å². The van der Waals surface area contributed by atoms with Gasteiger partial charge in [-0.3, -0.25) is 14.5 Å². The van der Waals surface area contributed by atoms with E-state index in [1.54, 1.807) is 0 Å². The highest BCUT2D eigenvalue weighted by molar-refractivity contribution is 6.78. The summed E-state index contributed by atoms with van der Waals surface area (Å²) in [7, 11) is -1.46. The fraction of sp³-hybridized carbons (Fsp3) is 0.556. The first-order chi connectivity index (χ1) is 5.84. The van der Waals surface area contributed by atoms with E-state index in [1.165, 1.54) is 17.1 Å². The summed E-state index contributed by atoms with van der Waals surface area (Å²) in [5.41, 5.74) is 0.0718. The second-order valence-electron chi connectivity index (χ2n) is 4.42. The molecular formula is C9H15NO2Si. The molecule has 13 heavy (non-hydrogen) atoms. The molecule has 0 fully saturated rings. The van der Waals surface area contributed by atoms with Gasteiger partial charge in [0.25, 0.3) is 11.8 Å². The molecule has 0 radical (unpaired) electrons. The van der Waals surface area contributed by atoms with Crippen molar-refractivity contribution in [2.75, 3.05) is 0 Å². The molecule has 0 saturated carbocycles. The highest BCUT2D eigenvalue weighted by Crippen LogP contribution is 2.18. The van der Waals surface area contributed by atoms with Crippen LogP contribution in [0.25, 0.3) is 0 Å². The van der Waals surface area contributed by atoms with Crippen LogP contribution >= 0.6 is 0 Å². The van der Waals surface area contributed by atoms with Crippen LogP contribution in [0.5, 0.6) is 0 Å². The van der Waals surface area contributed by atoms with Gasteiger partial charge in [0.05, 0.1) is 8.07 Å². The van der Waals surface area contributed by atoms with E-state index in [0.29, 0.717) is 0 Å². The normalized spacial score (nSPS) is 19.8. The van der Waals surface area contributed by atoms with Crippen LogP contribution in [0.2, 0.25) is 19.6 Å². The van der Waals surface area contributed by atoms with Crippen molar-refractivity contribution in [1.29, 1.82) is 0 Å². The van der Waals surface area contributed by atoms with Crippen molar-refractivity contribution < 1.29 is 9.59 Å². The molecule has 4 heteroatoms. The largest absolute Gasteiger partial charge is 0.276 e. The van der Waals surface area contributed by atoms with E-state index < -0.39 is 8.07 Å². The van der Waals surface area contributed by atoms with Gasteiger partial charge in [-0.2, -0.15) is 0 Å². The second-order valence-corrected chi connectivity index (χ2v) is 9.99. The zero-order chi connectivity index (χ0) is 10.2. The molecule has 2 amide bonds. The van der Waals surface area contributed by atoms with Crippen LogP contribution < -0.4 is 0 Å². The molecule has 1 unspecified atom stereocenters. The molecule has 1 aliphatic rings. The van der Waals surface area contributed by atoms with Gasteiger partial charge in [0.1, 0.15) is 0 Å². The molecule has 1 rings (SSSR count). The second kappa shape index (κ2) is 3.10. The third-order valence-electron chi connectivity index (χ3n) is 2.48. The molecule has 0 aliphatic carbocycles. The minimum atomic E-state index is -1.46. The Morgan fingerprint density at radius 2 is 1.54 bits per heavy atom. The number of hydrogen-bond donors (Lipinski definition) is 0. The van der Waals surface area contributed by atoms with Crippen LogP contribution in [0.4, 0.5) is 0 Å². The Bertz CT molecular complexity index is 260. The lowest BCUT2D eigenvalue weighted by molar-refractivity contribution is -0.137. The summed E-state index contributed by atoms with van der Waals surface area (Å²) in [6.45, 7) is 8.40. The monoisotopic (exact) mass is 197 g/mol. The van der Waals surface area contributed by atoms with Crippen LogP contribution in [0.3, 0.4) is 0 Å². The van der Waals surface area contributed by atoms with E-state index in [-0.39, 0.29) is 17.5 Å². The molecule has 72 valence electrons. The maximum atomic E-state index is 11.3. The Labute approximate surface area is 79.4 Å². The van der Waals surface area contributed by atoms with Crippen molar-refractivity contribution >= 4 is 19.9 Å². The Hall–Kier alpha value is -0.903. The summed E-state index contributed by atoms with van der Waals surface area (Å²) in [5, 5.41) is 0. The quantitative estimate of drug-likeness (QED) is 0.492. The Kier molecular flexibility index (Phi) is 2.43. The fourth-order valence-electron chi connectivity index (χ4n) is 1.18. The van der Waals surface area contributed by atoms with Crippen LogP contribution in [0, 0.1) is 0 Å². The molecule has 0 aromatic heterocycles. The lowest BCUT2D eigenvalue weighted by Crippen LogP contribution is -2.51. The lowest BCUT2D eigenvalue weighted by Gasteiger charge is -2.32. The first-order valence-corrected chi connectivity index (χ1v) is 7.97. The first kappa shape index (κ1) is 10.2. The molecule has 3 nitrogen and oxygen atoms in total. The van der Waals surface area contributed by atoms with Gasteiger partial charge in [0.2, 0.25) is 0 Å². The maximum absolute atomic E-state index is 11.3. The van der Waals surface area contributed by atoms with Gasteiger partial charge in [-0.15, -0.1) is 0 Å². The third kappa shape index (κ3) is 1.88. The molecule has 0 aromatic carbocycles. The molecular weight excluding hydrogens is 182 g/mol. The predicted molar refractivity (Wildman–Crippen MR) is 53.8 cm³/mol. The van der Waals surface area contributed by atoms with Crippen molar-refractivity contribution in [2.24, 2.45) is 0 Å². The number of amides is 2. The van der Waals surface area contributed by atoms with Crippen molar-refractivity contribution in [3.63, 3.8) is 0 Å². The summed E-state index contributed by atoms with van der Waals surface area (Å²) in [6, 6.07) is 0. The topological polar surface area (TPSA) is 37.4 Å². The van der Waals surface area contributed by atoms with Crippen molar-refractivity contribution in [2.45, 2.75) is 32.2 Å². The Balaban J connectivity index is 2.85. The highest BCUT2D eigenvalue weighted by Gasteiger charge is 2.35. The van der Waals surface area contributed by atoms with Gasteiger partial charge in [-0.05, 0) is 6.92 Å². The molecule has 0 bridgehead atoms. The SMILES string of the molecule is CC(N1C(=O)C=CC1=O)[Si](C)(C)C. The molecule has 0 spiro atoms. The summed E-state index contributed by atoms with van der Waals surface area (Å²) in [6.07, 6.45) is 2.69. The molecule has 1 atom stereocenters. The number of rotatable bonds is 2. The number of imide groups is 1. The Morgan fingerprint density at radius 3 is 1.85 bits per heavy atom. The van der Waals surface area contributed by atoms with E-state index in [4.69, 9.17) is 0 Å². The predicted octanol–water partition coefficient (Wildman–Crippen LogP) is 1.18. The molecule has 0 saturated heterocycles. The minimum absolute atomic E-state index is 0.0718. The number of nitrogens with zero attached hydrogens (tertiary/aromatic N) is 1. The summed E-state index contributed by atoms with van der Waals surface area (Å²) in [5.74, 6) is -0.333. The fourth-order valence-corrected chi connectivity index (χ4v) is 2.21. The van der Waals surface area contributed by atoms with Crippen LogP contribution in [0.1, 0.15) is 6.92 Å². The van der Waals surface area contributed by atoms with Crippen molar-refractivity contribution in [3.8, 4) is 0 Å². The molecule has 1 heterocycles. The smallest absolute Gasteiger partial charge is 0.253 e. The summed E-state index contributed by atoms with van der Waals surface area (Å²) in [4.78, 5) is 24.0. The average Bonchev–Trinajstić information content (AvgIpc) is 2.28. The van der Waals surface area contributed by atoms with Gasteiger partial charge in [0, 0.05) is 17.8 Å². The van der Waals surface area contributed by atoms with Crippen LogP contribution in [-0.4, -0.2) is 30.5 Å². The standard InChI is InChI=1S/C9H15NO2Si/c1-7(13(2,3)4)10-8(11)5-6-9(10)12/h5-7H,1-4H3. The lowest BCUT2D eigenvalue weighted by atomic mass is 10.5. The number of hydrogen-bond acceptors (Lipinski definition) is 2. The van der Waals surface area contributed by atoms with E-state index in [9.17, 15) is 9.59 Å². The highest BCUT2D eigenvalue weighted by atomic mass is 28.3. The minimum Gasteiger partial charge on any atom is -0.276 e. The van der Waals surface area contributed by atoms with E-state index in [2.05, 4.69) is 19.6 Å². The van der Waals surface area contributed by atoms with Crippen molar-refractivity contribution in [1.82, 2.24) is 4.90 Å². The van der Waals surface area contributed by atoms with E-state index in [1.807, 2.05) is 6.92 Å². The first-order valence-electron chi connectivity index (χ1n) is 4.39. The number of carbonyl (C=O) groups is 2. The van der Waals surface area contributed by atoms with Crippen LogP contribution in [-0.2, 0) is 9.59 Å². The van der Waals surface area contributed by atoms with Gasteiger partial charge < -0.3 is 0 Å². The number of carbonyl (C=O) groups excluding carboxylic acids is 2. The van der Waals surface area contributed by atoms with Crippen LogP contribution in [0.15, 0.2) is 12.2 Å². The van der Waals surface area contributed by atoms with Crippen molar-refractivity contribution in [3.05, 3.63) is 12.2 Å². The summed E-state index contributed by atoms with van der Waals surface area (Å²) >= 11 is 0. The Morgan fingerprint density at radius 1 is 1.15 bits per heavy atom. The molecule has 0 N–H and O–H groups in total. The molecule has 0 aromatic rings. The summed E-state index contributed by atoms with van der Waals surface area (Å²) < 4.78 is 0. The van der Waals surface area contributed by atoms with E-state index in [0.717, 1.165) is 0 Å². The zero-order valence-electron chi connectivity index (χ0n) is 8.50. The molecule has 1 aliphatic heterocycles. The van der Waals surface area contributed by atoms with E-state index >= 15 is 0 Å². The van der Waals surface area contributed by atoms with Gasteiger partial charge in [0.15, 0.2) is 0 Å². The van der Waals surface area contributed by atoms with Gasteiger partial charge in [-0.25, -0.2) is 0 Å².